The molecule has 2 aromatic rings. The zero-order chi connectivity index (χ0) is 13.0. The Hall–Kier alpha value is -1.27. The summed E-state index contributed by atoms with van der Waals surface area (Å²) in [5.41, 5.74) is 0.969. The van der Waals surface area contributed by atoms with E-state index in [2.05, 4.69) is 31.3 Å². The van der Waals surface area contributed by atoms with Gasteiger partial charge < -0.3 is 5.32 Å². The van der Waals surface area contributed by atoms with Crippen molar-refractivity contribution in [3.8, 4) is 0 Å². The van der Waals surface area contributed by atoms with Crippen LogP contribution >= 0.6 is 15.9 Å². The molecule has 0 atom stereocenters. The maximum Gasteiger partial charge on any atom is 0.164 e. The fourth-order valence-electron chi connectivity index (χ4n) is 1.55. The quantitative estimate of drug-likeness (QED) is 0.921. The van der Waals surface area contributed by atoms with Gasteiger partial charge in [0.25, 0.3) is 0 Å². The Bertz CT molecular complexity index is 527. The number of nitrogens with zero attached hydrogens (tertiary/aromatic N) is 3. The van der Waals surface area contributed by atoms with Gasteiger partial charge in [-0.2, -0.15) is 5.10 Å². The zero-order valence-electron chi connectivity index (χ0n) is 10.0. The van der Waals surface area contributed by atoms with Crippen molar-refractivity contribution in [2.45, 2.75) is 20.0 Å². The number of nitrogens with one attached hydrogen (secondary N) is 1. The molecule has 0 aliphatic carbocycles. The molecule has 1 N–H and O–H groups in total. The molecular weight excluding hydrogens is 299 g/mol. The lowest BCUT2D eigenvalue weighted by Gasteiger charge is -2.04. The van der Waals surface area contributed by atoms with Crippen LogP contribution < -0.4 is 5.32 Å². The summed E-state index contributed by atoms with van der Waals surface area (Å²) in [4.78, 5) is 4.20. The molecule has 0 bridgehead atoms. The maximum absolute atomic E-state index is 13.0. The van der Waals surface area contributed by atoms with Crippen LogP contribution in [0.15, 0.2) is 29.0 Å². The van der Waals surface area contributed by atoms with Gasteiger partial charge in [-0.15, -0.1) is 0 Å². The summed E-state index contributed by atoms with van der Waals surface area (Å²) < 4.78 is 15.4. The third-order valence-corrected chi connectivity index (χ3v) is 3.20. The van der Waals surface area contributed by atoms with Crippen LogP contribution in [0.5, 0.6) is 0 Å². The third kappa shape index (κ3) is 3.36. The highest BCUT2D eigenvalue weighted by atomic mass is 79.9. The smallest absolute Gasteiger partial charge is 0.164 e. The summed E-state index contributed by atoms with van der Waals surface area (Å²) in [6.07, 6.45) is 1.68. The normalized spacial score (nSPS) is 10.8. The minimum atomic E-state index is -0.253. The molecule has 0 unspecified atom stereocenters. The lowest BCUT2D eigenvalue weighted by molar-refractivity contribution is 0.620. The van der Waals surface area contributed by atoms with Gasteiger partial charge in [0, 0.05) is 4.47 Å². The number of aromatic nitrogens is 3. The van der Waals surface area contributed by atoms with Crippen LogP contribution in [-0.4, -0.2) is 21.3 Å². The number of hydrogen-bond donors (Lipinski definition) is 1. The largest absolute Gasteiger partial charge is 0.310 e. The fraction of sp³-hybridized carbons (Fsp3) is 0.333. The molecule has 18 heavy (non-hydrogen) atoms. The second-order valence-electron chi connectivity index (χ2n) is 3.87. The van der Waals surface area contributed by atoms with Crippen LogP contribution in [0.4, 0.5) is 4.39 Å². The molecule has 1 aromatic carbocycles. The molecule has 0 saturated heterocycles. The van der Waals surface area contributed by atoms with Gasteiger partial charge in [0.15, 0.2) is 5.82 Å². The molecule has 1 heterocycles. The van der Waals surface area contributed by atoms with E-state index in [4.69, 9.17) is 0 Å². The first kappa shape index (κ1) is 13.2. The third-order valence-electron chi connectivity index (χ3n) is 2.46. The first-order valence-electron chi connectivity index (χ1n) is 5.72. The maximum atomic E-state index is 13.0. The topological polar surface area (TPSA) is 42.7 Å². The van der Waals surface area contributed by atoms with Crippen molar-refractivity contribution in [1.29, 1.82) is 0 Å². The Labute approximate surface area is 113 Å². The van der Waals surface area contributed by atoms with Gasteiger partial charge >= 0.3 is 0 Å². The average Bonchev–Trinajstić information content (AvgIpc) is 2.78. The summed E-state index contributed by atoms with van der Waals surface area (Å²) in [6.45, 7) is 4.15. The Morgan fingerprint density at radius 1 is 1.44 bits per heavy atom. The SMILES string of the molecule is CCNCc1ncn(Cc2ccc(F)cc2Br)n1. The Morgan fingerprint density at radius 3 is 3.00 bits per heavy atom. The number of halogens is 2. The predicted molar refractivity (Wildman–Crippen MR) is 70.6 cm³/mol. The second kappa shape index (κ2) is 6.06. The average molecular weight is 313 g/mol. The molecule has 0 fully saturated rings. The molecular formula is C12H14BrFN4. The van der Waals surface area contributed by atoms with Crippen molar-refractivity contribution in [2.75, 3.05) is 6.54 Å². The van der Waals surface area contributed by atoms with Gasteiger partial charge in [0.2, 0.25) is 0 Å². The van der Waals surface area contributed by atoms with E-state index in [1.807, 2.05) is 6.92 Å². The standard InChI is InChI=1S/C12H14BrFN4/c1-2-15-6-12-16-8-18(17-12)7-9-3-4-10(14)5-11(9)13/h3-5,8,15H,2,6-7H2,1H3. The van der Waals surface area contributed by atoms with Crippen LogP contribution in [0.1, 0.15) is 18.3 Å². The number of hydrogen-bond acceptors (Lipinski definition) is 3. The molecule has 96 valence electrons. The van der Waals surface area contributed by atoms with Crippen molar-refractivity contribution < 1.29 is 4.39 Å². The van der Waals surface area contributed by atoms with Gasteiger partial charge in [-0.25, -0.2) is 14.1 Å². The van der Waals surface area contributed by atoms with Crippen molar-refractivity contribution >= 4 is 15.9 Å². The highest BCUT2D eigenvalue weighted by Crippen LogP contribution is 2.18. The Kier molecular flexibility index (Phi) is 4.43. The minimum Gasteiger partial charge on any atom is -0.310 e. The molecule has 6 heteroatoms. The minimum absolute atomic E-state index is 0.253. The van der Waals surface area contributed by atoms with Crippen molar-refractivity contribution in [2.24, 2.45) is 0 Å². The van der Waals surface area contributed by atoms with Crippen LogP contribution in [0.25, 0.3) is 0 Å². The van der Waals surface area contributed by atoms with Crippen LogP contribution in [0.2, 0.25) is 0 Å². The number of rotatable bonds is 5. The molecule has 0 spiro atoms. The summed E-state index contributed by atoms with van der Waals surface area (Å²) >= 11 is 3.34. The molecule has 2 rings (SSSR count). The van der Waals surface area contributed by atoms with E-state index in [0.29, 0.717) is 13.1 Å². The zero-order valence-corrected chi connectivity index (χ0v) is 11.6. The van der Waals surface area contributed by atoms with E-state index < -0.39 is 0 Å². The summed E-state index contributed by atoms with van der Waals surface area (Å²) in [5.74, 6) is 0.507. The van der Waals surface area contributed by atoms with Crippen LogP contribution in [0, 0.1) is 5.82 Å². The first-order valence-corrected chi connectivity index (χ1v) is 6.51. The molecule has 0 radical (unpaired) electrons. The monoisotopic (exact) mass is 312 g/mol. The van der Waals surface area contributed by atoms with E-state index >= 15 is 0 Å². The highest BCUT2D eigenvalue weighted by molar-refractivity contribution is 9.10. The van der Waals surface area contributed by atoms with Gasteiger partial charge in [0.05, 0.1) is 13.1 Å². The molecule has 4 nitrogen and oxygen atoms in total. The van der Waals surface area contributed by atoms with Crippen molar-refractivity contribution in [1.82, 2.24) is 20.1 Å². The van der Waals surface area contributed by atoms with Gasteiger partial charge in [0.1, 0.15) is 12.1 Å². The molecule has 0 amide bonds. The van der Waals surface area contributed by atoms with Crippen LogP contribution in [0.3, 0.4) is 0 Å². The Morgan fingerprint density at radius 2 is 2.28 bits per heavy atom. The van der Waals surface area contributed by atoms with Crippen LogP contribution in [-0.2, 0) is 13.1 Å². The summed E-state index contributed by atoms with van der Waals surface area (Å²) in [7, 11) is 0. The lowest BCUT2D eigenvalue weighted by atomic mass is 10.2. The van der Waals surface area contributed by atoms with E-state index in [9.17, 15) is 4.39 Å². The fourth-order valence-corrected chi connectivity index (χ4v) is 2.03. The molecule has 0 aliphatic rings. The van der Waals surface area contributed by atoms with Crippen molar-refractivity contribution in [3.63, 3.8) is 0 Å². The molecule has 0 saturated carbocycles. The first-order chi connectivity index (χ1) is 8.69. The molecule has 1 aromatic heterocycles. The van der Waals surface area contributed by atoms with E-state index in [1.54, 1.807) is 17.1 Å². The van der Waals surface area contributed by atoms with Crippen molar-refractivity contribution in [3.05, 3.63) is 46.2 Å². The van der Waals surface area contributed by atoms with E-state index in [1.165, 1.54) is 12.1 Å². The second-order valence-corrected chi connectivity index (χ2v) is 4.73. The molecule has 0 aliphatic heterocycles. The number of benzene rings is 1. The van der Waals surface area contributed by atoms with Gasteiger partial charge in [-0.3, -0.25) is 0 Å². The highest BCUT2D eigenvalue weighted by Gasteiger charge is 2.05. The predicted octanol–water partition coefficient (Wildman–Crippen LogP) is 2.34. The van der Waals surface area contributed by atoms with E-state index in [-0.39, 0.29) is 5.82 Å². The van der Waals surface area contributed by atoms with Gasteiger partial charge in [-0.05, 0) is 24.2 Å². The Balaban J connectivity index is 2.06. The van der Waals surface area contributed by atoms with Gasteiger partial charge in [-0.1, -0.05) is 28.9 Å². The summed E-state index contributed by atoms with van der Waals surface area (Å²) in [6, 6.07) is 4.63. The lowest BCUT2D eigenvalue weighted by Crippen LogP contribution is -2.13. The van der Waals surface area contributed by atoms with E-state index in [0.717, 1.165) is 22.4 Å². The summed E-state index contributed by atoms with van der Waals surface area (Å²) in [5, 5.41) is 7.50.